The molecule has 148 valence electrons. The standard InChI is InChI=1S/C19H20ClN3O5/c1-9-16(11(3)24)10(2)23-17(9)18(26)12(4)28-15(25)8-22-19(27)14-7-13(20)5-6-21-14/h5-7,12,23H,8H2,1-4H3,(H,22,27)/t12-/m1/s1. The van der Waals surface area contributed by atoms with Gasteiger partial charge in [0.05, 0.1) is 5.69 Å². The third-order valence-corrected chi connectivity index (χ3v) is 4.30. The van der Waals surface area contributed by atoms with Crippen LogP contribution in [0.2, 0.25) is 5.02 Å². The summed E-state index contributed by atoms with van der Waals surface area (Å²) in [6.07, 6.45) is 0.275. The van der Waals surface area contributed by atoms with Crippen molar-refractivity contribution in [2.45, 2.75) is 33.8 Å². The maximum Gasteiger partial charge on any atom is 0.326 e. The van der Waals surface area contributed by atoms with Crippen LogP contribution in [0.5, 0.6) is 0 Å². The fourth-order valence-corrected chi connectivity index (χ4v) is 2.95. The van der Waals surface area contributed by atoms with Crippen LogP contribution >= 0.6 is 11.6 Å². The first kappa shape index (κ1) is 21.3. The Kier molecular flexibility index (Phi) is 6.69. The number of aromatic nitrogens is 2. The van der Waals surface area contributed by atoms with E-state index in [0.29, 0.717) is 21.8 Å². The number of nitrogens with one attached hydrogen (secondary N) is 2. The first-order chi connectivity index (χ1) is 13.1. The third kappa shape index (κ3) is 4.83. The molecule has 8 nitrogen and oxygen atoms in total. The number of carbonyl (C=O) groups is 4. The lowest BCUT2D eigenvalue weighted by Crippen LogP contribution is -2.34. The molecular formula is C19H20ClN3O5. The summed E-state index contributed by atoms with van der Waals surface area (Å²) in [6.45, 7) is 5.74. The average Bonchev–Trinajstić information content (AvgIpc) is 2.93. The van der Waals surface area contributed by atoms with Crippen molar-refractivity contribution in [1.29, 1.82) is 0 Å². The van der Waals surface area contributed by atoms with E-state index in [9.17, 15) is 19.2 Å². The van der Waals surface area contributed by atoms with Gasteiger partial charge < -0.3 is 15.0 Å². The highest BCUT2D eigenvalue weighted by Gasteiger charge is 2.26. The number of hydrogen-bond acceptors (Lipinski definition) is 6. The van der Waals surface area contributed by atoms with Gasteiger partial charge >= 0.3 is 5.97 Å². The third-order valence-electron chi connectivity index (χ3n) is 4.06. The molecule has 2 rings (SSSR count). The lowest BCUT2D eigenvalue weighted by atomic mass is 10.0. The number of esters is 1. The lowest BCUT2D eigenvalue weighted by Gasteiger charge is -2.12. The van der Waals surface area contributed by atoms with E-state index in [1.807, 2.05) is 0 Å². The predicted octanol–water partition coefficient (Wildman–Crippen LogP) is 2.43. The van der Waals surface area contributed by atoms with E-state index in [4.69, 9.17) is 16.3 Å². The molecule has 1 amide bonds. The van der Waals surface area contributed by atoms with Crippen molar-refractivity contribution in [3.63, 3.8) is 0 Å². The molecule has 2 N–H and O–H groups in total. The number of Topliss-reactive ketones (excluding diaryl/α,β-unsaturated/α-hetero) is 2. The molecule has 0 saturated heterocycles. The molecule has 2 heterocycles. The monoisotopic (exact) mass is 405 g/mol. The van der Waals surface area contributed by atoms with Crippen molar-refractivity contribution < 1.29 is 23.9 Å². The van der Waals surface area contributed by atoms with Crippen molar-refractivity contribution in [2.24, 2.45) is 0 Å². The minimum atomic E-state index is -1.09. The Morgan fingerprint density at radius 1 is 1.29 bits per heavy atom. The molecular weight excluding hydrogens is 386 g/mol. The average molecular weight is 406 g/mol. The van der Waals surface area contributed by atoms with Crippen LogP contribution in [0.4, 0.5) is 0 Å². The van der Waals surface area contributed by atoms with Gasteiger partial charge in [-0.05, 0) is 45.4 Å². The Morgan fingerprint density at radius 2 is 1.96 bits per heavy atom. The second-order valence-electron chi connectivity index (χ2n) is 6.22. The highest BCUT2D eigenvalue weighted by molar-refractivity contribution is 6.30. The van der Waals surface area contributed by atoms with Gasteiger partial charge in [0, 0.05) is 22.5 Å². The molecule has 0 fully saturated rings. The van der Waals surface area contributed by atoms with Crippen molar-refractivity contribution in [3.05, 3.63) is 51.6 Å². The van der Waals surface area contributed by atoms with Crippen LogP contribution in [0.15, 0.2) is 18.3 Å². The number of carbonyl (C=O) groups excluding carboxylic acids is 4. The zero-order chi connectivity index (χ0) is 21.0. The number of halogens is 1. The Morgan fingerprint density at radius 3 is 2.54 bits per heavy atom. The number of rotatable bonds is 7. The molecule has 0 aliphatic carbocycles. The number of ketones is 2. The molecule has 28 heavy (non-hydrogen) atoms. The van der Waals surface area contributed by atoms with Crippen LogP contribution in [0.25, 0.3) is 0 Å². The summed E-state index contributed by atoms with van der Waals surface area (Å²) in [5, 5.41) is 2.69. The predicted molar refractivity (Wildman–Crippen MR) is 102 cm³/mol. The van der Waals surface area contributed by atoms with E-state index >= 15 is 0 Å². The van der Waals surface area contributed by atoms with Gasteiger partial charge in [-0.1, -0.05) is 11.6 Å². The molecule has 0 spiro atoms. The van der Waals surface area contributed by atoms with Crippen molar-refractivity contribution >= 4 is 35.0 Å². The second kappa shape index (κ2) is 8.79. The molecule has 1 atom stereocenters. The number of nitrogens with zero attached hydrogens (tertiary/aromatic N) is 1. The molecule has 0 saturated carbocycles. The number of aromatic amines is 1. The van der Waals surface area contributed by atoms with Crippen molar-refractivity contribution in [1.82, 2.24) is 15.3 Å². The summed E-state index contributed by atoms with van der Waals surface area (Å²) in [7, 11) is 0. The number of ether oxygens (including phenoxy) is 1. The Hall–Kier alpha value is -3.00. The van der Waals surface area contributed by atoms with Gasteiger partial charge in [0.2, 0.25) is 5.78 Å². The molecule has 0 bridgehead atoms. The van der Waals surface area contributed by atoms with Gasteiger partial charge in [-0.25, -0.2) is 0 Å². The largest absolute Gasteiger partial charge is 0.453 e. The van der Waals surface area contributed by atoms with E-state index in [0.717, 1.165) is 0 Å². The molecule has 0 radical (unpaired) electrons. The summed E-state index contributed by atoms with van der Waals surface area (Å²) < 4.78 is 5.09. The van der Waals surface area contributed by atoms with Gasteiger partial charge in [0.15, 0.2) is 11.9 Å². The van der Waals surface area contributed by atoms with Gasteiger partial charge in [0.1, 0.15) is 12.2 Å². The zero-order valence-corrected chi connectivity index (χ0v) is 16.6. The smallest absolute Gasteiger partial charge is 0.326 e. The van der Waals surface area contributed by atoms with Crippen LogP contribution < -0.4 is 5.32 Å². The summed E-state index contributed by atoms with van der Waals surface area (Å²) in [6, 6.07) is 2.87. The van der Waals surface area contributed by atoms with Gasteiger partial charge in [0.25, 0.3) is 5.91 Å². The van der Waals surface area contributed by atoms with E-state index in [1.165, 1.54) is 32.2 Å². The summed E-state index contributed by atoms with van der Waals surface area (Å²) >= 11 is 5.79. The maximum absolute atomic E-state index is 12.6. The highest BCUT2D eigenvalue weighted by atomic mass is 35.5. The van der Waals surface area contributed by atoms with Gasteiger partial charge in [-0.15, -0.1) is 0 Å². The number of pyridine rings is 1. The first-order valence-corrected chi connectivity index (χ1v) is 8.83. The molecule has 0 aliphatic heterocycles. The summed E-state index contributed by atoms with van der Waals surface area (Å²) in [5.41, 5.74) is 1.81. The first-order valence-electron chi connectivity index (χ1n) is 8.45. The fourth-order valence-electron chi connectivity index (χ4n) is 2.79. The topological polar surface area (TPSA) is 118 Å². The van der Waals surface area contributed by atoms with E-state index in [1.54, 1.807) is 13.8 Å². The van der Waals surface area contributed by atoms with Gasteiger partial charge in [-0.2, -0.15) is 0 Å². The second-order valence-corrected chi connectivity index (χ2v) is 6.66. The Labute approximate surface area is 166 Å². The van der Waals surface area contributed by atoms with Crippen molar-refractivity contribution in [2.75, 3.05) is 6.54 Å². The normalized spacial score (nSPS) is 11.6. The molecule has 0 aromatic carbocycles. The van der Waals surface area contributed by atoms with E-state index < -0.39 is 30.3 Å². The minimum absolute atomic E-state index is 0.0543. The highest BCUT2D eigenvalue weighted by Crippen LogP contribution is 2.20. The SMILES string of the molecule is CC(=O)c1c(C)[nH]c(C(=O)[C@@H](C)OC(=O)CNC(=O)c2cc(Cl)ccn2)c1C. The number of amides is 1. The maximum atomic E-state index is 12.6. The van der Waals surface area contributed by atoms with Crippen molar-refractivity contribution in [3.8, 4) is 0 Å². The van der Waals surface area contributed by atoms with E-state index in [2.05, 4.69) is 15.3 Å². The quantitative estimate of drug-likeness (QED) is 0.539. The van der Waals surface area contributed by atoms with Crippen LogP contribution in [0.1, 0.15) is 56.4 Å². The lowest BCUT2D eigenvalue weighted by molar-refractivity contribution is -0.145. The van der Waals surface area contributed by atoms with Gasteiger partial charge in [-0.3, -0.25) is 24.2 Å². The van der Waals surface area contributed by atoms with Crippen LogP contribution in [0.3, 0.4) is 0 Å². The van der Waals surface area contributed by atoms with E-state index in [-0.39, 0.29) is 17.2 Å². The molecule has 2 aromatic rings. The van der Waals surface area contributed by atoms with Crippen LogP contribution in [-0.2, 0) is 9.53 Å². The molecule has 0 unspecified atom stereocenters. The minimum Gasteiger partial charge on any atom is -0.453 e. The van der Waals surface area contributed by atoms with Crippen LogP contribution in [-0.4, -0.2) is 46.1 Å². The molecule has 9 heteroatoms. The number of H-pyrrole nitrogens is 1. The Bertz CT molecular complexity index is 951. The molecule has 0 aliphatic rings. The number of aryl methyl sites for hydroxylation is 1. The fraction of sp³-hybridized carbons (Fsp3) is 0.316. The summed E-state index contributed by atoms with van der Waals surface area (Å²) in [4.78, 5) is 54.9. The van der Waals surface area contributed by atoms with Crippen LogP contribution in [0, 0.1) is 13.8 Å². The Balaban J connectivity index is 1.97. The molecule has 2 aromatic heterocycles. The summed E-state index contributed by atoms with van der Waals surface area (Å²) in [5.74, 6) is -2.01. The number of hydrogen-bond donors (Lipinski definition) is 2. The zero-order valence-electron chi connectivity index (χ0n) is 15.9.